The molecule has 1 atom stereocenters. The van der Waals surface area contributed by atoms with Crippen LogP contribution in [0.25, 0.3) is 0 Å². The minimum absolute atomic E-state index is 0.0616. The van der Waals surface area contributed by atoms with Crippen LogP contribution in [0.1, 0.15) is 27.6 Å². The quantitative estimate of drug-likeness (QED) is 0.536. The number of carbonyl (C=O) groups excluding carboxylic acids is 1. The normalized spacial score (nSPS) is 12.6. The number of halogens is 3. The third kappa shape index (κ3) is 5.36. The van der Waals surface area contributed by atoms with Gasteiger partial charge in [0.05, 0.1) is 22.4 Å². The van der Waals surface area contributed by atoms with Crippen molar-refractivity contribution in [3.8, 4) is 0 Å². The third-order valence-electron chi connectivity index (χ3n) is 3.96. The summed E-state index contributed by atoms with van der Waals surface area (Å²) in [6.07, 6.45) is -3.64. The second-order valence-corrected chi connectivity index (χ2v) is 8.07. The zero-order chi connectivity index (χ0) is 20.1. The second-order valence-electron chi connectivity index (χ2n) is 6.10. The lowest BCUT2D eigenvalue weighted by molar-refractivity contribution is -0.137. The minimum Gasteiger partial charge on any atom is -0.344 e. The van der Waals surface area contributed by atoms with E-state index in [2.05, 4.69) is 10.3 Å². The molecule has 8 heteroatoms. The molecule has 3 nitrogen and oxygen atoms in total. The van der Waals surface area contributed by atoms with E-state index in [4.69, 9.17) is 0 Å². The molecule has 2 heterocycles. The fraction of sp³-hybridized carbons (Fsp3) is 0.200. The molecule has 1 aromatic carbocycles. The first-order chi connectivity index (χ1) is 13.3. The molecular weight excluding hydrogens is 405 g/mol. The smallest absolute Gasteiger partial charge is 0.344 e. The number of nitrogens with zero attached hydrogens (tertiary/aromatic N) is 1. The molecular formula is C20H17F3N2OS2. The Bertz CT molecular complexity index is 908. The number of alkyl halides is 3. The Hall–Kier alpha value is -2.32. The van der Waals surface area contributed by atoms with E-state index >= 15 is 0 Å². The van der Waals surface area contributed by atoms with Gasteiger partial charge in [0, 0.05) is 11.1 Å². The Morgan fingerprint density at radius 3 is 2.50 bits per heavy atom. The Labute approximate surface area is 169 Å². The van der Waals surface area contributed by atoms with Gasteiger partial charge >= 0.3 is 6.18 Å². The fourth-order valence-corrected chi connectivity index (χ4v) is 3.96. The standard InChI is InChI=1S/C20H17F3N2OS2/c1-13-4-6-14(7-5-13)19(16-3-2-10-27-16)25-17(26)12-28-18-9-8-15(11-24-18)20(21,22)23/h2-11,19H,12H2,1H3,(H,25,26). The zero-order valence-electron chi connectivity index (χ0n) is 14.9. The highest BCUT2D eigenvalue weighted by atomic mass is 32.2. The van der Waals surface area contributed by atoms with Gasteiger partial charge in [-0.1, -0.05) is 47.7 Å². The van der Waals surface area contributed by atoms with Crippen molar-refractivity contribution in [1.82, 2.24) is 10.3 Å². The maximum Gasteiger partial charge on any atom is 0.417 e. The van der Waals surface area contributed by atoms with E-state index in [0.717, 1.165) is 40.0 Å². The number of nitrogens with one attached hydrogen (secondary N) is 1. The van der Waals surface area contributed by atoms with Gasteiger partial charge in [-0.15, -0.1) is 11.3 Å². The highest BCUT2D eigenvalue weighted by molar-refractivity contribution is 7.99. The molecule has 28 heavy (non-hydrogen) atoms. The van der Waals surface area contributed by atoms with Crippen LogP contribution in [0.4, 0.5) is 13.2 Å². The van der Waals surface area contributed by atoms with Gasteiger partial charge < -0.3 is 5.32 Å². The van der Waals surface area contributed by atoms with Crippen LogP contribution >= 0.6 is 23.1 Å². The number of hydrogen-bond donors (Lipinski definition) is 1. The lowest BCUT2D eigenvalue weighted by atomic mass is 10.0. The van der Waals surface area contributed by atoms with Gasteiger partial charge in [-0.05, 0) is 36.1 Å². The maximum atomic E-state index is 12.6. The SMILES string of the molecule is Cc1ccc(C(NC(=O)CSc2ccc(C(F)(F)F)cn2)c2cccs2)cc1. The van der Waals surface area contributed by atoms with Gasteiger partial charge in [0.2, 0.25) is 5.91 Å². The average molecular weight is 422 g/mol. The van der Waals surface area contributed by atoms with Gasteiger partial charge in [-0.25, -0.2) is 4.98 Å². The van der Waals surface area contributed by atoms with Gasteiger partial charge in [-0.3, -0.25) is 4.79 Å². The number of amides is 1. The van der Waals surface area contributed by atoms with Gasteiger partial charge in [0.1, 0.15) is 0 Å². The summed E-state index contributed by atoms with van der Waals surface area (Å²) in [6, 6.07) is 13.8. The van der Waals surface area contributed by atoms with Gasteiger partial charge in [0.25, 0.3) is 0 Å². The molecule has 0 bridgehead atoms. The summed E-state index contributed by atoms with van der Waals surface area (Å²) in [4.78, 5) is 17.2. The maximum absolute atomic E-state index is 12.6. The molecule has 1 unspecified atom stereocenters. The van der Waals surface area contributed by atoms with Crippen molar-refractivity contribution in [2.24, 2.45) is 0 Å². The van der Waals surface area contributed by atoms with E-state index in [0.29, 0.717) is 5.03 Å². The number of pyridine rings is 1. The van der Waals surface area contributed by atoms with Gasteiger partial charge in [0.15, 0.2) is 0 Å². The molecule has 0 aliphatic carbocycles. The fourth-order valence-electron chi connectivity index (χ4n) is 2.51. The average Bonchev–Trinajstić information content (AvgIpc) is 3.19. The minimum atomic E-state index is -4.42. The van der Waals surface area contributed by atoms with Crippen LogP contribution < -0.4 is 5.32 Å². The molecule has 0 aliphatic rings. The van der Waals surface area contributed by atoms with E-state index in [9.17, 15) is 18.0 Å². The number of aryl methyl sites for hydroxylation is 1. The number of hydrogen-bond acceptors (Lipinski definition) is 4. The van der Waals surface area contributed by atoms with E-state index in [1.54, 1.807) is 11.3 Å². The van der Waals surface area contributed by atoms with Crippen LogP contribution in [0.2, 0.25) is 0 Å². The molecule has 0 radical (unpaired) electrons. The first-order valence-electron chi connectivity index (χ1n) is 8.38. The number of rotatable bonds is 6. The molecule has 0 saturated heterocycles. The van der Waals surface area contributed by atoms with Crippen molar-refractivity contribution in [2.45, 2.75) is 24.2 Å². The molecule has 1 N–H and O–H groups in total. The topological polar surface area (TPSA) is 42.0 Å². The highest BCUT2D eigenvalue weighted by Crippen LogP contribution is 2.30. The van der Waals surface area contributed by atoms with Crippen molar-refractivity contribution in [3.05, 3.63) is 81.7 Å². The van der Waals surface area contributed by atoms with Crippen LogP contribution in [0.3, 0.4) is 0 Å². The van der Waals surface area contributed by atoms with Crippen LogP contribution in [-0.4, -0.2) is 16.6 Å². The van der Waals surface area contributed by atoms with E-state index in [-0.39, 0.29) is 17.7 Å². The first kappa shape index (κ1) is 20.4. The van der Waals surface area contributed by atoms with E-state index in [1.165, 1.54) is 6.07 Å². The molecule has 3 aromatic rings. The van der Waals surface area contributed by atoms with Crippen molar-refractivity contribution in [3.63, 3.8) is 0 Å². The monoisotopic (exact) mass is 422 g/mol. The third-order valence-corrected chi connectivity index (χ3v) is 5.84. The molecule has 3 rings (SSSR count). The van der Waals surface area contributed by atoms with Crippen LogP contribution in [0.15, 0.2) is 65.1 Å². The number of thiophene rings is 1. The molecule has 0 aliphatic heterocycles. The Morgan fingerprint density at radius 2 is 1.93 bits per heavy atom. The molecule has 0 saturated carbocycles. The predicted molar refractivity (Wildman–Crippen MR) is 105 cm³/mol. The second kappa shape index (κ2) is 8.79. The summed E-state index contributed by atoms with van der Waals surface area (Å²) in [5.41, 5.74) is 1.29. The summed E-state index contributed by atoms with van der Waals surface area (Å²) < 4.78 is 37.8. The van der Waals surface area contributed by atoms with Crippen molar-refractivity contribution >= 4 is 29.0 Å². The molecule has 1 amide bonds. The van der Waals surface area contributed by atoms with E-state index < -0.39 is 11.7 Å². The largest absolute Gasteiger partial charge is 0.417 e. The van der Waals surface area contributed by atoms with Crippen molar-refractivity contribution < 1.29 is 18.0 Å². The summed E-state index contributed by atoms with van der Waals surface area (Å²) in [5, 5.41) is 5.32. The number of thioether (sulfide) groups is 1. The lowest BCUT2D eigenvalue weighted by Crippen LogP contribution is -2.30. The van der Waals surface area contributed by atoms with Gasteiger partial charge in [-0.2, -0.15) is 13.2 Å². The Kier molecular flexibility index (Phi) is 6.41. The summed E-state index contributed by atoms with van der Waals surface area (Å²) in [5.74, 6) is -0.155. The van der Waals surface area contributed by atoms with Crippen LogP contribution in [0.5, 0.6) is 0 Å². The Balaban J connectivity index is 1.65. The molecule has 0 spiro atoms. The molecule has 146 valence electrons. The highest BCUT2D eigenvalue weighted by Gasteiger charge is 2.30. The summed E-state index contributed by atoms with van der Waals surface area (Å²) >= 11 is 2.65. The molecule has 2 aromatic heterocycles. The van der Waals surface area contributed by atoms with Crippen LogP contribution in [-0.2, 0) is 11.0 Å². The van der Waals surface area contributed by atoms with Crippen LogP contribution in [0, 0.1) is 6.92 Å². The van der Waals surface area contributed by atoms with E-state index in [1.807, 2.05) is 48.7 Å². The number of aromatic nitrogens is 1. The summed E-state index contributed by atoms with van der Waals surface area (Å²) in [6.45, 7) is 2.00. The number of benzene rings is 1. The number of carbonyl (C=O) groups is 1. The Morgan fingerprint density at radius 1 is 1.18 bits per heavy atom. The summed E-state index contributed by atoms with van der Waals surface area (Å²) in [7, 11) is 0. The zero-order valence-corrected chi connectivity index (χ0v) is 16.5. The lowest BCUT2D eigenvalue weighted by Gasteiger charge is -2.18. The molecule has 0 fully saturated rings. The van der Waals surface area contributed by atoms with Crippen molar-refractivity contribution in [2.75, 3.05) is 5.75 Å². The predicted octanol–water partition coefficient (Wildman–Crippen LogP) is 5.47. The van der Waals surface area contributed by atoms with Crippen molar-refractivity contribution in [1.29, 1.82) is 0 Å². The first-order valence-corrected chi connectivity index (χ1v) is 10.2.